The molecule has 0 radical (unpaired) electrons. The van der Waals surface area contributed by atoms with E-state index in [1.807, 2.05) is 42.5 Å². The van der Waals surface area contributed by atoms with Gasteiger partial charge in [-0.25, -0.2) is 0 Å². The van der Waals surface area contributed by atoms with E-state index in [0.717, 1.165) is 16.9 Å². The van der Waals surface area contributed by atoms with E-state index in [0.29, 0.717) is 26.4 Å². The summed E-state index contributed by atoms with van der Waals surface area (Å²) in [7, 11) is -0.173. The van der Waals surface area contributed by atoms with E-state index in [1.165, 1.54) is 0 Å². The summed E-state index contributed by atoms with van der Waals surface area (Å²) in [4.78, 5) is 0. The normalized spacial score (nSPS) is 13.3. The third-order valence-corrected chi connectivity index (χ3v) is 10.00. The minimum atomic E-state index is -1.84. The quantitative estimate of drug-likeness (QED) is 0.433. The number of ether oxygens (including phenoxy) is 3. The van der Waals surface area contributed by atoms with Gasteiger partial charge in [0.25, 0.3) is 0 Å². The van der Waals surface area contributed by atoms with Gasteiger partial charge >= 0.3 is 0 Å². The Hall–Kier alpha value is -1.66. The zero-order chi connectivity index (χ0) is 21.3. The molecule has 160 valence electrons. The molecule has 0 fully saturated rings. The zero-order valence-electron chi connectivity index (χ0n) is 18.7. The molecule has 0 heterocycles. The number of hydrogen-bond donors (Lipinski definition) is 0. The van der Waals surface area contributed by atoms with Crippen LogP contribution in [-0.4, -0.2) is 34.7 Å². The summed E-state index contributed by atoms with van der Waals surface area (Å²) in [5, 5.41) is 0.165. The van der Waals surface area contributed by atoms with Crippen molar-refractivity contribution in [1.82, 2.24) is 0 Å². The molecule has 0 saturated carbocycles. The molecule has 0 aliphatic heterocycles. The van der Waals surface area contributed by atoms with E-state index in [4.69, 9.17) is 18.6 Å². The van der Waals surface area contributed by atoms with Crippen molar-refractivity contribution in [2.45, 2.75) is 58.2 Å². The average Bonchev–Trinajstić information content (AvgIpc) is 2.70. The lowest BCUT2D eigenvalue weighted by Gasteiger charge is -2.37. The lowest BCUT2D eigenvalue weighted by Crippen LogP contribution is -2.43. The Morgan fingerprint density at radius 1 is 0.828 bits per heavy atom. The van der Waals surface area contributed by atoms with Gasteiger partial charge in [0.2, 0.25) is 0 Å². The first-order valence-electron chi connectivity index (χ1n) is 10.2. The third kappa shape index (κ3) is 7.94. The maximum absolute atomic E-state index is 6.40. The monoisotopic (exact) mass is 416 g/mol. The maximum Gasteiger partial charge on any atom is 0.192 e. The topological polar surface area (TPSA) is 36.9 Å². The molecule has 4 nitrogen and oxygen atoms in total. The van der Waals surface area contributed by atoms with Crippen molar-refractivity contribution in [3.05, 3.63) is 65.7 Å². The Morgan fingerprint density at radius 3 is 2.03 bits per heavy atom. The molecule has 0 bridgehead atoms. The summed E-state index contributed by atoms with van der Waals surface area (Å²) in [6.45, 7) is 13.4. The fourth-order valence-corrected chi connectivity index (χ4v) is 3.52. The van der Waals surface area contributed by atoms with Gasteiger partial charge in [0.05, 0.1) is 33.5 Å². The summed E-state index contributed by atoms with van der Waals surface area (Å²) in [6, 6.07) is 18.1. The molecule has 0 spiro atoms. The van der Waals surface area contributed by atoms with Gasteiger partial charge in [0.15, 0.2) is 8.32 Å². The Morgan fingerprint density at radius 2 is 1.45 bits per heavy atom. The molecule has 2 aromatic rings. The highest BCUT2D eigenvalue weighted by Gasteiger charge is 2.37. The first-order valence-corrected chi connectivity index (χ1v) is 13.1. The van der Waals surface area contributed by atoms with Gasteiger partial charge in [-0.05, 0) is 41.4 Å². The predicted octanol–water partition coefficient (Wildman–Crippen LogP) is 5.82. The fourth-order valence-electron chi connectivity index (χ4n) is 2.48. The van der Waals surface area contributed by atoms with Crippen LogP contribution in [0.1, 0.15) is 31.9 Å². The van der Waals surface area contributed by atoms with Gasteiger partial charge in [-0.1, -0.05) is 63.2 Å². The van der Waals surface area contributed by atoms with Crippen LogP contribution in [0.4, 0.5) is 0 Å². The van der Waals surface area contributed by atoms with E-state index in [-0.39, 0.29) is 11.1 Å². The molecule has 0 unspecified atom stereocenters. The first-order chi connectivity index (χ1) is 13.7. The molecular formula is C24H36O4Si. The van der Waals surface area contributed by atoms with Crippen LogP contribution in [-0.2, 0) is 27.1 Å². The summed E-state index contributed by atoms with van der Waals surface area (Å²) in [5.74, 6) is 0.845. The van der Waals surface area contributed by atoms with Crippen LogP contribution in [0.3, 0.4) is 0 Å². The molecule has 0 aromatic heterocycles. The second kappa shape index (κ2) is 10.9. The van der Waals surface area contributed by atoms with Crippen molar-refractivity contribution in [3.8, 4) is 5.75 Å². The molecule has 0 aliphatic rings. The molecule has 2 rings (SSSR count). The second-order valence-corrected chi connectivity index (χ2v) is 13.7. The molecule has 1 atom stereocenters. The van der Waals surface area contributed by atoms with Crippen LogP contribution in [0.25, 0.3) is 0 Å². The molecule has 0 aliphatic carbocycles. The number of hydrogen-bond acceptors (Lipinski definition) is 4. The standard InChI is InChI=1S/C24H36O4Si/c1-24(2,3)29(5,6)28-19-23(18-26-16-20-10-8-7-9-11-20)27-17-21-12-14-22(25-4)15-13-21/h7-15,23H,16-19H2,1-6H3/t23-/m0/s1. The molecule has 2 aromatic carbocycles. The van der Waals surface area contributed by atoms with Crippen LogP contribution in [0, 0.1) is 0 Å². The molecule has 29 heavy (non-hydrogen) atoms. The van der Waals surface area contributed by atoms with Gasteiger partial charge in [-0.15, -0.1) is 0 Å². The molecule has 0 N–H and O–H groups in total. The summed E-state index contributed by atoms with van der Waals surface area (Å²) < 4.78 is 23.7. The van der Waals surface area contributed by atoms with Crippen molar-refractivity contribution in [1.29, 1.82) is 0 Å². The Kier molecular flexibility index (Phi) is 8.90. The predicted molar refractivity (Wildman–Crippen MR) is 121 cm³/mol. The molecule has 0 saturated heterocycles. The van der Waals surface area contributed by atoms with Crippen LogP contribution < -0.4 is 4.74 Å². The van der Waals surface area contributed by atoms with Crippen LogP contribution in [0.2, 0.25) is 18.1 Å². The van der Waals surface area contributed by atoms with Crippen molar-refractivity contribution in [2.24, 2.45) is 0 Å². The minimum absolute atomic E-state index is 0.116. The van der Waals surface area contributed by atoms with Crippen molar-refractivity contribution in [2.75, 3.05) is 20.3 Å². The van der Waals surface area contributed by atoms with Gasteiger partial charge < -0.3 is 18.6 Å². The highest BCUT2D eigenvalue weighted by atomic mass is 28.4. The van der Waals surface area contributed by atoms with Crippen LogP contribution in [0.15, 0.2) is 54.6 Å². The summed E-state index contributed by atoms with van der Waals surface area (Å²) in [6.07, 6.45) is -0.116. The van der Waals surface area contributed by atoms with Gasteiger partial charge in [-0.2, -0.15) is 0 Å². The minimum Gasteiger partial charge on any atom is -0.497 e. The van der Waals surface area contributed by atoms with E-state index in [9.17, 15) is 0 Å². The fraction of sp³-hybridized carbons (Fsp3) is 0.500. The van der Waals surface area contributed by atoms with Gasteiger partial charge in [0, 0.05) is 0 Å². The maximum atomic E-state index is 6.40. The average molecular weight is 417 g/mol. The molecule has 5 heteroatoms. The van der Waals surface area contributed by atoms with Crippen molar-refractivity contribution < 1.29 is 18.6 Å². The number of rotatable bonds is 11. The summed E-state index contributed by atoms with van der Waals surface area (Å²) >= 11 is 0. The lowest BCUT2D eigenvalue weighted by atomic mass is 10.2. The van der Waals surface area contributed by atoms with E-state index >= 15 is 0 Å². The van der Waals surface area contributed by atoms with E-state index in [1.54, 1.807) is 7.11 Å². The zero-order valence-corrected chi connectivity index (χ0v) is 19.7. The third-order valence-electron chi connectivity index (χ3n) is 5.50. The van der Waals surface area contributed by atoms with Gasteiger partial charge in [0.1, 0.15) is 11.9 Å². The Bertz CT molecular complexity index is 708. The van der Waals surface area contributed by atoms with E-state index in [2.05, 4.69) is 46.0 Å². The van der Waals surface area contributed by atoms with Crippen LogP contribution in [0.5, 0.6) is 5.75 Å². The smallest absolute Gasteiger partial charge is 0.192 e. The lowest BCUT2D eigenvalue weighted by molar-refractivity contribution is -0.0511. The largest absolute Gasteiger partial charge is 0.497 e. The Balaban J connectivity index is 1.93. The SMILES string of the molecule is COc1ccc(CO[C@@H](COCc2ccccc2)CO[Si](C)(C)C(C)(C)C)cc1. The highest BCUT2D eigenvalue weighted by molar-refractivity contribution is 6.74. The van der Waals surface area contributed by atoms with Crippen LogP contribution >= 0.6 is 0 Å². The molecular weight excluding hydrogens is 380 g/mol. The summed E-state index contributed by atoms with van der Waals surface area (Å²) in [5.41, 5.74) is 2.26. The first kappa shape index (κ1) is 23.6. The molecule has 0 amide bonds. The number of methoxy groups -OCH3 is 1. The Labute approximate surface area is 177 Å². The van der Waals surface area contributed by atoms with E-state index < -0.39 is 8.32 Å². The van der Waals surface area contributed by atoms with Crippen molar-refractivity contribution >= 4 is 8.32 Å². The van der Waals surface area contributed by atoms with Gasteiger partial charge in [-0.3, -0.25) is 0 Å². The highest BCUT2D eigenvalue weighted by Crippen LogP contribution is 2.36. The second-order valence-electron chi connectivity index (χ2n) is 8.85. The number of benzene rings is 2. The van der Waals surface area contributed by atoms with Crippen molar-refractivity contribution in [3.63, 3.8) is 0 Å².